The maximum Gasteiger partial charge on any atom is 0.304 e. The lowest BCUT2D eigenvalue weighted by atomic mass is 9.87. The molecule has 1 aliphatic carbocycles. The normalized spacial score (nSPS) is 30.8. The number of aliphatic carboxylic acids is 1. The van der Waals surface area contributed by atoms with Crippen molar-refractivity contribution in [3.63, 3.8) is 0 Å². The van der Waals surface area contributed by atoms with Crippen LogP contribution in [0.25, 0.3) is 0 Å². The molecule has 2 aliphatic rings. The van der Waals surface area contributed by atoms with Crippen molar-refractivity contribution in [1.82, 2.24) is 10.2 Å². The Kier molecular flexibility index (Phi) is 6.36. The first-order chi connectivity index (χ1) is 10.0. The fraction of sp³-hybridized carbons (Fsp3) is 0.867. The van der Waals surface area contributed by atoms with Crippen LogP contribution in [-0.4, -0.2) is 58.6 Å². The number of amides is 1. The molecule has 0 aromatic carbocycles. The van der Waals surface area contributed by atoms with Gasteiger partial charge in [0.05, 0.1) is 13.0 Å². The third-order valence-corrected chi connectivity index (χ3v) is 5.58. The average molecular weight is 314 g/mol. The fourth-order valence-corrected chi connectivity index (χ4v) is 4.28. The van der Waals surface area contributed by atoms with Crippen LogP contribution in [0.2, 0.25) is 0 Å². The molecule has 1 saturated carbocycles. The molecule has 1 heterocycles. The summed E-state index contributed by atoms with van der Waals surface area (Å²) >= 11 is 1.78. The van der Waals surface area contributed by atoms with Gasteiger partial charge in [-0.3, -0.25) is 14.5 Å². The van der Waals surface area contributed by atoms with Crippen molar-refractivity contribution in [2.45, 2.75) is 51.1 Å². The number of nitrogens with zero attached hydrogens (tertiary/aromatic N) is 1. The molecule has 21 heavy (non-hydrogen) atoms. The molecule has 2 N–H and O–H groups in total. The van der Waals surface area contributed by atoms with E-state index in [1.165, 1.54) is 12.8 Å². The third-order valence-electron chi connectivity index (χ3n) is 4.49. The van der Waals surface area contributed by atoms with Crippen molar-refractivity contribution in [2.75, 3.05) is 24.6 Å². The molecule has 2 rings (SSSR count). The highest BCUT2D eigenvalue weighted by Crippen LogP contribution is 2.23. The minimum Gasteiger partial charge on any atom is -0.481 e. The van der Waals surface area contributed by atoms with Crippen LogP contribution >= 0.6 is 11.8 Å². The molecule has 0 aromatic heterocycles. The Hall–Kier alpha value is -0.750. The zero-order valence-corrected chi connectivity index (χ0v) is 13.5. The molecular weight excluding hydrogens is 288 g/mol. The minimum absolute atomic E-state index is 0.0154. The van der Waals surface area contributed by atoms with Crippen molar-refractivity contribution < 1.29 is 14.7 Å². The monoisotopic (exact) mass is 314 g/mol. The van der Waals surface area contributed by atoms with Crippen molar-refractivity contribution >= 4 is 23.6 Å². The Morgan fingerprint density at radius 3 is 2.67 bits per heavy atom. The summed E-state index contributed by atoms with van der Waals surface area (Å²) in [4.78, 5) is 25.1. The van der Waals surface area contributed by atoms with Gasteiger partial charge in [0.2, 0.25) is 5.91 Å². The Morgan fingerprint density at radius 1 is 1.29 bits per heavy atom. The van der Waals surface area contributed by atoms with E-state index in [9.17, 15) is 9.59 Å². The summed E-state index contributed by atoms with van der Waals surface area (Å²) in [6, 6.07) is 0.296. The van der Waals surface area contributed by atoms with Gasteiger partial charge in [-0.2, -0.15) is 11.8 Å². The Bertz CT molecular complexity index is 370. The third kappa shape index (κ3) is 5.51. The van der Waals surface area contributed by atoms with Gasteiger partial charge >= 0.3 is 5.97 Å². The maximum atomic E-state index is 12.2. The zero-order valence-electron chi connectivity index (χ0n) is 12.7. The molecule has 0 radical (unpaired) electrons. The van der Waals surface area contributed by atoms with Gasteiger partial charge in [-0.05, 0) is 31.6 Å². The molecule has 5 nitrogen and oxygen atoms in total. The van der Waals surface area contributed by atoms with E-state index >= 15 is 0 Å². The second-order valence-corrected chi connectivity index (χ2v) is 7.47. The summed E-state index contributed by atoms with van der Waals surface area (Å²) in [7, 11) is 0. The number of hydrogen-bond acceptors (Lipinski definition) is 4. The molecule has 6 heteroatoms. The quantitative estimate of drug-likeness (QED) is 0.806. The molecule has 0 bridgehead atoms. The number of carboxylic acid groups (broad SMARTS) is 1. The lowest BCUT2D eigenvalue weighted by molar-refractivity contribution is -0.139. The van der Waals surface area contributed by atoms with Crippen molar-refractivity contribution in [3.05, 3.63) is 0 Å². The summed E-state index contributed by atoms with van der Waals surface area (Å²) in [5.74, 6) is 1.83. The number of carboxylic acids is 1. The van der Waals surface area contributed by atoms with Crippen LogP contribution in [0.4, 0.5) is 0 Å². The van der Waals surface area contributed by atoms with E-state index in [2.05, 4.69) is 12.2 Å². The number of hydrogen-bond donors (Lipinski definition) is 2. The van der Waals surface area contributed by atoms with Gasteiger partial charge in [0.25, 0.3) is 0 Å². The van der Waals surface area contributed by atoms with Gasteiger partial charge in [-0.1, -0.05) is 6.92 Å². The van der Waals surface area contributed by atoms with Gasteiger partial charge < -0.3 is 10.4 Å². The SMILES string of the molecule is CC1CCC(NC(=O)CN2CCSCC2CC(=O)O)CC1. The largest absolute Gasteiger partial charge is 0.481 e. The summed E-state index contributed by atoms with van der Waals surface area (Å²) in [5.41, 5.74) is 0. The van der Waals surface area contributed by atoms with Crippen LogP contribution in [0.1, 0.15) is 39.0 Å². The van der Waals surface area contributed by atoms with E-state index in [1.807, 2.05) is 4.90 Å². The van der Waals surface area contributed by atoms with Crippen LogP contribution in [-0.2, 0) is 9.59 Å². The molecule has 1 atom stereocenters. The predicted molar refractivity (Wildman–Crippen MR) is 84.5 cm³/mol. The smallest absolute Gasteiger partial charge is 0.304 e. The molecule has 1 unspecified atom stereocenters. The van der Waals surface area contributed by atoms with Crippen LogP contribution in [0.5, 0.6) is 0 Å². The number of thioether (sulfide) groups is 1. The van der Waals surface area contributed by atoms with E-state index in [1.54, 1.807) is 11.8 Å². The van der Waals surface area contributed by atoms with Crippen molar-refractivity contribution in [2.24, 2.45) is 5.92 Å². The van der Waals surface area contributed by atoms with Crippen LogP contribution in [0.15, 0.2) is 0 Å². The first kappa shape index (κ1) is 16.6. The summed E-state index contributed by atoms with van der Waals surface area (Å²) < 4.78 is 0. The lowest BCUT2D eigenvalue weighted by Gasteiger charge is -2.34. The fourth-order valence-electron chi connectivity index (χ4n) is 3.15. The first-order valence-corrected chi connectivity index (χ1v) is 9.03. The molecule has 2 fully saturated rings. The standard InChI is InChI=1S/C15H26N2O3S/c1-11-2-4-12(5-3-11)16-14(18)9-17-6-7-21-10-13(17)8-15(19)20/h11-13H,2-10H2,1H3,(H,16,18)(H,19,20). The van der Waals surface area contributed by atoms with Crippen LogP contribution in [0.3, 0.4) is 0 Å². The van der Waals surface area contributed by atoms with Crippen LogP contribution < -0.4 is 5.32 Å². The van der Waals surface area contributed by atoms with E-state index in [4.69, 9.17) is 5.11 Å². The van der Waals surface area contributed by atoms with Gasteiger partial charge in [0.15, 0.2) is 0 Å². The van der Waals surface area contributed by atoms with Gasteiger partial charge in [-0.25, -0.2) is 0 Å². The molecule has 120 valence electrons. The molecule has 0 aromatic rings. The number of rotatable bonds is 5. The van der Waals surface area contributed by atoms with E-state index in [0.29, 0.717) is 12.6 Å². The summed E-state index contributed by atoms with van der Waals surface area (Å²) in [5, 5.41) is 12.1. The van der Waals surface area contributed by atoms with Gasteiger partial charge in [0.1, 0.15) is 0 Å². The summed E-state index contributed by atoms with van der Waals surface area (Å²) in [6.45, 7) is 3.40. The number of nitrogens with one attached hydrogen (secondary N) is 1. The first-order valence-electron chi connectivity index (χ1n) is 7.87. The molecule has 1 aliphatic heterocycles. The van der Waals surface area contributed by atoms with Gasteiger partial charge in [-0.15, -0.1) is 0 Å². The molecule has 1 saturated heterocycles. The van der Waals surface area contributed by atoms with Crippen LogP contribution in [0, 0.1) is 5.92 Å². The Balaban J connectivity index is 1.78. The predicted octanol–water partition coefficient (Wildman–Crippen LogP) is 1.57. The molecule has 1 amide bonds. The zero-order chi connectivity index (χ0) is 15.2. The number of carbonyl (C=O) groups excluding carboxylic acids is 1. The lowest BCUT2D eigenvalue weighted by Crippen LogP contribution is -2.50. The molecule has 0 spiro atoms. The second kappa shape index (κ2) is 8.03. The highest BCUT2D eigenvalue weighted by Gasteiger charge is 2.27. The minimum atomic E-state index is -0.783. The number of carbonyl (C=O) groups is 2. The van der Waals surface area contributed by atoms with E-state index < -0.39 is 5.97 Å². The summed E-state index contributed by atoms with van der Waals surface area (Å²) in [6.07, 6.45) is 4.64. The maximum absolute atomic E-state index is 12.2. The van der Waals surface area contributed by atoms with E-state index in [-0.39, 0.29) is 18.4 Å². The van der Waals surface area contributed by atoms with E-state index in [0.717, 1.165) is 36.8 Å². The highest BCUT2D eigenvalue weighted by molar-refractivity contribution is 7.99. The van der Waals surface area contributed by atoms with Gasteiger partial charge in [0, 0.05) is 30.1 Å². The average Bonchev–Trinajstić information content (AvgIpc) is 2.43. The molecular formula is C15H26N2O3S. The Labute approximate surface area is 130 Å². The highest BCUT2D eigenvalue weighted by atomic mass is 32.2. The van der Waals surface area contributed by atoms with Crippen molar-refractivity contribution in [1.29, 1.82) is 0 Å². The topological polar surface area (TPSA) is 69.6 Å². The van der Waals surface area contributed by atoms with Crippen molar-refractivity contribution in [3.8, 4) is 0 Å². The Morgan fingerprint density at radius 2 is 2.00 bits per heavy atom. The second-order valence-electron chi connectivity index (χ2n) is 6.32.